The number of aryl methyl sites for hydroxylation is 1. The molecule has 5 nitrogen and oxygen atoms in total. The van der Waals surface area contributed by atoms with E-state index in [1.807, 2.05) is 18.0 Å². The standard InChI is InChI=1S/C13H22N2O3S/c1-12-6-4-5-7-13(12)19(16,17)14-8-9-15(2)10-11-18-3/h4-7,14H,8-11H2,1-3H3. The first kappa shape index (κ1) is 16.1. The second kappa shape index (κ2) is 7.59. The summed E-state index contributed by atoms with van der Waals surface area (Å²) in [4.78, 5) is 2.36. The number of benzene rings is 1. The van der Waals surface area contributed by atoms with Crippen molar-refractivity contribution in [2.24, 2.45) is 0 Å². The number of hydrogen-bond donors (Lipinski definition) is 1. The Morgan fingerprint density at radius 1 is 1.26 bits per heavy atom. The molecular weight excluding hydrogens is 264 g/mol. The molecule has 0 aromatic heterocycles. The predicted molar refractivity (Wildman–Crippen MR) is 75.7 cm³/mol. The second-order valence-electron chi connectivity index (χ2n) is 4.46. The lowest BCUT2D eigenvalue weighted by molar-refractivity contribution is 0.162. The van der Waals surface area contributed by atoms with Gasteiger partial charge in [0.25, 0.3) is 0 Å². The third-order valence-corrected chi connectivity index (χ3v) is 4.47. The fraction of sp³-hybridized carbons (Fsp3) is 0.538. The van der Waals surface area contributed by atoms with Gasteiger partial charge in [0.05, 0.1) is 11.5 Å². The highest BCUT2D eigenvalue weighted by Crippen LogP contribution is 2.13. The minimum absolute atomic E-state index is 0.342. The first-order chi connectivity index (χ1) is 8.97. The first-order valence-corrected chi connectivity index (χ1v) is 7.68. The van der Waals surface area contributed by atoms with E-state index in [9.17, 15) is 8.42 Å². The molecule has 0 radical (unpaired) electrons. The van der Waals surface area contributed by atoms with Crippen LogP contribution in [0.4, 0.5) is 0 Å². The van der Waals surface area contributed by atoms with Gasteiger partial charge >= 0.3 is 0 Å². The highest BCUT2D eigenvalue weighted by atomic mass is 32.2. The van der Waals surface area contributed by atoms with Gasteiger partial charge in [0, 0.05) is 26.7 Å². The predicted octanol–water partition coefficient (Wildman–Crippen LogP) is 0.852. The van der Waals surface area contributed by atoms with E-state index in [4.69, 9.17) is 4.74 Å². The molecule has 0 fully saturated rings. The van der Waals surface area contributed by atoms with Crippen LogP contribution < -0.4 is 4.72 Å². The second-order valence-corrected chi connectivity index (χ2v) is 6.19. The number of hydrogen-bond acceptors (Lipinski definition) is 4. The molecular formula is C13H22N2O3S. The molecule has 6 heteroatoms. The maximum Gasteiger partial charge on any atom is 0.240 e. The van der Waals surface area contributed by atoms with Crippen LogP contribution in [-0.4, -0.2) is 53.7 Å². The van der Waals surface area contributed by atoms with E-state index in [2.05, 4.69) is 4.72 Å². The van der Waals surface area contributed by atoms with E-state index in [-0.39, 0.29) is 0 Å². The monoisotopic (exact) mass is 286 g/mol. The van der Waals surface area contributed by atoms with Crippen molar-refractivity contribution in [1.29, 1.82) is 0 Å². The van der Waals surface area contributed by atoms with Crippen molar-refractivity contribution in [3.05, 3.63) is 29.8 Å². The molecule has 0 aliphatic rings. The molecule has 0 unspecified atom stereocenters. The van der Waals surface area contributed by atoms with Gasteiger partial charge in [0.15, 0.2) is 0 Å². The maximum absolute atomic E-state index is 12.1. The van der Waals surface area contributed by atoms with Crippen molar-refractivity contribution < 1.29 is 13.2 Å². The van der Waals surface area contributed by atoms with E-state index < -0.39 is 10.0 Å². The molecule has 19 heavy (non-hydrogen) atoms. The lowest BCUT2D eigenvalue weighted by Gasteiger charge is -2.16. The van der Waals surface area contributed by atoms with E-state index in [1.54, 1.807) is 32.2 Å². The number of sulfonamides is 1. The van der Waals surface area contributed by atoms with Crippen molar-refractivity contribution in [3.8, 4) is 0 Å². The lowest BCUT2D eigenvalue weighted by Crippen LogP contribution is -2.34. The van der Waals surface area contributed by atoms with Crippen LogP contribution in [-0.2, 0) is 14.8 Å². The number of methoxy groups -OCH3 is 1. The van der Waals surface area contributed by atoms with E-state index in [1.165, 1.54) is 0 Å². The number of likely N-dealkylation sites (N-methyl/N-ethyl adjacent to an activating group) is 1. The number of rotatable bonds is 8. The summed E-state index contributed by atoms with van der Waals surface area (Å²) in [5.41, 5.74) is 0.753. The normalized spacial score (nSPS) is 12.0. The number of nitrogens with one attached hydrogen (secondary N) is 1. The zero-order valence-electron chi connectivity index (χ0n) is 11.7. The zero-order valence-corrected chi connectivity index (χ0v) is 12.5. The highest BCUT2D eigenvalue weighted by molar-refractivity contribution is 7.89. The Morgan fingerprint density at radius 3 is 2.58 bits per heavy atom. The average Bonchev–Trinajstić information content (AvgIpc) is 2.36. The number of ether oxygens (including phenoxy) is 1. The molecule has 1 rings (SSSR count). The highest BCUT2D eigenvalue weighted by Gasteiger charge is 2.15. The van der Waals surface area contributed by atoms with Gasteiger partial charge in [-0.15, -0.1) is 0 Å². The lowest BCUT2D eigenvalue weighted by atomic mass is 10.2. The topological polar surface area (TPSA) is 58.6 Å². The van der Waals surface area contributed by atoms with Crippen LogP contribution in [0, 0.1) is 6.92 Å². The Kier molecular flexibility index (Phi) is 6.44. The largest absolute Gasteiger partial charge is 0.383 e. The third kappa shape index (κ3) is 5.28. The molecule has 1 aromatic carbocycles. The zero-order chi connectivity index (χ0) is 14.3. The first-order valence-electron chi connectivity index (χ1n) is 6.20. The number of nitrogens with zero attached hydrogens (tertiary/aromatic N) is 1. The molecule has 0 aliphatic carbocycles. The Bertz CT molecular complexity index is 488. The fourth-order valence-corrected chi connectivity index (χ4v) is 2.93. The summed E-state index contributed by atoms with van der Waals surface area (Å²) in [5.74, 6) is 0. The molecule has 1 aromatic rings. The SMILES string of the molecule is COCCN(C)CCNS(=O)(=O)c1ccccc1C. The van der Waals surface area contributed by atoms with Crippen LogP contribution in [0.1, 0.15) is 5.56 Å². The quantitative estimate of drug-likeness (QED) is 0.770. The Balaban J connectivity index is 2.51. The average molecular weight is 286 g/mol. The Labute approximate surface area is 115 Å². The van der Waals surface area contributed by atoms with Gasteiger partial charge in [-0.3, -0.25) is 0 Å². The summed E-state index contributed by atoms with van der Waals surface area (Å²) in [6.45, 7) is 4.24. The van der Waals surface area contributed by atoms with Crippen LogP contribution in [0.15, 0.2) is 29.2 Å². The van der Waals surface area contributed by atoms with Gasteiger partial charge in [-0.1, -0.05) is 18.2 Å². The summed E-state index contributed by atoms with van der Waals surface area (Å²) in [7, 11) is 0.164. The van der Waals surface area contributed by atoms with Crippen molar-refractivity contribution in [2.75, 3.05) is 40.4 Å². The van der Waals surface area contributed by atoms with Crippen LogP contribution in [0.25, 0.3) is 0 Å². The van der Waals surface area contributed by atoms with Crippen molar-refractivity contribution in [1.82, 2.24) is 9.62 Å². The van der Waals surface area contributed by atoms with Crippen molar-refractivity contribution >= 4 is 10.0 Å². The van der Waals surface area contributed by atoms with Crippen LogP contribution in [0.2, 0.25) is 0 Å². The molecule has 0 amide bonds. The molecule has 0 aliphatic heterocycles. The summed E-state index contributed by atoms with van der Waals surface area (Å²) in [5, 5.41) is 0. The maximum atomic E-state index is 12.1. The van der Waals surface area contributed by atoms with Gasteiger partial charge < -0.3 is 9.64 Å². The van der Waals surface area contributed by atoms with Gasteiger partial charge in [-0.25, -0.2) is 13.1 Å². The van der Waals surface area contributed by atoms with E-state index >= 15 is 0 Å². The molecule has 0 atom stereocenters. The minimum Gasteiger partial charge on any atom is -0.383 e. The summed E-state index contributed by atoms with van der Waals surface area (Å²) >= 11 is 0. The Morgan fingerprint density at radius 2 is 1.95 bits per heavy atom. The summed E-state index contributed by atoms with van der Waals surface area (Å²) in [6.07, 6.45) is 0. The van der Waals surface area contributed by atoms with Crippen LogP contribution in [0.3, 0.4) is 0 Å². The van der Waals surface area contributed by atoms with Crippen molar-refractivity contribution in [3.63, 3.8) is 0 Å². The molecule has 108 valence electrons. The minimum atomic E-state index is -3.42. The smallest absolute Gasteiger partial charge is 0.240 e. The van der Waals surface area contributed by atoms with Gasteiger partial charge in [0.2, 0.25) is 10.0 Å². The third-order valence-electron chi connectivity index (χ3n) is 2.85. The van der Waals surface area contributed by atoms with Gasteiger partial charge in [0.1, 0.15) is 0 Å². The molecule has 0 saturated carbocycles. The molecule has 0 saturated heterocycles. The van der Waals surface area contributed by atoms with E-state index in [0.717, 1.165) is 12.1 Å². The van der Waals surface area contributed by atoms with Crippen molar-refractivity contribution in [2.45, 2.75) is 11.8 Å². The van der Waals surface area contributed by atoms with Gasteiger partial charge in [-0.2, -0.15) is 0 Å². The molecule has 0 spiro atoms. The van der Waals surface area contributed by atoms with Crippen LogP contribution in [0.5, 0.6) is 0 Å². The molecule has 0 heterocycles. The van der Waals surface area contributed by atoms with E-state index in [0.29, 0.717) is 24.6 Å². The summed E-state index contributed by atoms with van der Waals surface area (Å²) < 4.78 is 31.8. The molecule has 1 N–H and O–H groups in total. The fourth-order valence-electron chi connectivity index (χ4n) is 1.67. The van der Waals surface area contributed by atoms with Gasteiger partial charge in [-0.05, 0) is 25.6 Å². The summed E-state index contributed by atoms with van der Waals surface area (Å²) in [6, 6.07) is 6.96. The molecule has 0 bridgehead atoms. The van der Waals surface area contributed by atoms with Crippen LogP contribution >= 0.6 is 0 Å². The Hall–Kier alpha value is -0.950.